The lowest BCUT2D eigenvalue weighted by Gasteiger charge is -2.04. The number of pyridine rings is 2. The van der Waals surface area contributed by atoms with Gasteiger partial charge in [-0.1, -0.05) is 45.1 Å². The lowest BCUT2D eigenvalue weighted by atomic mass is 10.2. The first-order valence-electron chi connectivity index (χ1n) is 11.9. The molecule has 42 heavy (non-hydrogen) atoms. The standard InChI is InChI=1S/C14H8BrN3O2S.C14H9BrN2O3S/c15-11-6-13-10(7-16)9-18(14(13)17-8-11)21-20-19-12-4-2-1-3-5-12;15-11-6-13-10(9-18)8-17(14(13)16-7-11)21-20-19-12-4-2-1-3-5-12/h1-6,8-9H;1-9H. The molecule has 0 aliphatic carbocycles. The topological polar surface area (TPSA) is 113 Å². The number of nitriles is 1. The first-order chi connectivity index (χ1) is 20.6. The van der Waals surface area contributed by atoms with Crippen molar-refractivity contribution in [1.82, 2.24) is 17.9 Å². The number of benzene rings is 2. The smallest absolute Gasteiger partial charge is 0.170 e. The second-order valence-electron chi connectivity index (χ2n) is 8.14. The van der Waals surface area contributed by atoms with Gasteiger partial charge in [0.2, 0.25) is 0 Å². The van der Waals surface area contributed by atoms with Crippen molar-refractivity contribution in [1.29, 1.82) is 5.26 Å². The number of aromatic nitrogens is 4. The van der Waals surface area contributed by atoms with Crippen molar-refractivity contribution in [2.45, 2.75) is 0 Å². The third kappa shape index (κ3) is 7.32. The van der Waals surface area contributed by atoms with Crippen LogP contribution >= 0.6 is 56.3 Å². The van der Waals surface area contributed by atoms with E-state index in [9.17, 15) is 4.79 Å². The number of carbonyl (C=O) groups excluding carboxylic acids is 1. The van der Waals surface area contributed by atoms with Crippen LogP contribution in [-0.4, -0.2) is 24.2 Å². The number of hydrogen-bond acceptors (Lipinski definition) is 10. The third-order valence-electron chi connectivity index (χ3n) is 5.40. The fourth-order valence-corrected chi connectivity index (χ4v) is 5.30. The summed E-state index contributed by atoms with van der Waals surface area (Å²) in [7, 11) is 0. The van der Waals surface area contributed by atoms with Crippen molar-refractivity contribution >= 4 is 84.7 Å². The van der Waals surface area contributed by atoms with Crippen molar-refractivity contribution in [3.05, 3.63) is 118 Å². The highest BCUT2D eigenvalue weighted by atomic mass is 79.9. The Morgan fingerprint density at radius 3 is 1.79 bits per heavy atom. The summed E-state index contributed by atoms with van der Waals surface area (Å²) < 4.78 is 15.1. The molecule has 0 amide bonds. The van der Waals surface area contributed by atoms with Crippen LogP contribution in [0.5, 0.6) is 11.5 Å². The highest BCUT2D eigenvalue weighted by molar-refractivity contribution is 9.10. The summed E-state index contributed by atoms with van der Waals surface area (Å²) in [6.07, 6.45) is 7.41. The first-order valence-corrected chi connectivity index (χ1v) is 14.9. The first kappa shape index (κ1) is 29.6. The summed E-state index contributed by atoms with van der Waals surface area (Å²) in [5, 5.41) is 10.7. The molecule has 4 heterocycles. The molecule has 4 aromatic heterocycles. The van der Waals surface area contributed by atoms with Gasteiger partial charge in [-0.3, -0.25) is 4.79 Å². The van der Waals surface area contributed by atoms with Gasteiger partial charge in [0.1, 0.15) is 6.07 Å². The van der Waals surface area contributed by atoms with Gasteiger partial charge in [-0.05, 0) is 68.3 Å². The van der Waals surface area contributed by atoms with Gasteiger partial charge in [0, 0.05) is 50.1 Å². The maximum atomic E-state index is 11.1. The van der Waals surface area contributed by atoms with E-state index in [2.05, 4.69) is 47.9 Å². The van der Waals surface area contributed by atoms with Crippen LogP contribution in [0.25, 0.3) is 22.1 Å². The molecule has 210 valence electrons. The molecule has 0 aliphatic rings. The van der Waals surface area contributed by atoms with E-state index in [0.717, 1.165) is 50.5 Å². The van der Waals surface area contributed by atoms with E-state index in [4.69, 9.17) is 23.7 Å². The lowest BCUT2D eigenvalue weighted by molar-refractivity contribution is -0.0785. The number of hydrogen-bond donors (Lipinski definition) is 0. The highest BCUT2D eigenvalue weighted by Gasteiger charge is 2.13. The summed E-state index contributed by atoms with van der Waals surface area (Å²) in [5.41, 5.74) is 2.32. The number of nitrogens with zero attached hydrogens (tertiary/aromatic N) is 5. The van der Waals surface area contributed by atoms with Gasteiger partial charge in [-0.2, -0.15) is 5.26 Å². The molecular formula is C28H17Br2N5O5S2. The van der Waals surface area contributed by atoms with Crippen LogP contribution in [0.4, 0.5) is 0 Å². The monoisotopic (exact) mass is 725 g/mol. The van der Waals surface area contributed by atoms with Crippen LogP contribution < -0.4 is 9.78 Å². The molecule has 2 aromatic carbocycles. The fourth-order valence-electron chi connectivity index (χ4n) is 3.55. The van der Waals surface area contributed by atoms with Gasteiger partial charge in [0.05, 0.1) is 5.56 Å². The summed E-state index contributed by atoms with van der Waals surface area (Å²) in [5.74, 6) is 1.19. The normalized spacial score (nSPS) is 10.6. The SMILES string of the molecule is N#Cc1cn(SOOc2ccccc2)c2ncc(Br)cc12.O=Cc1cn(SOOc2ccccc2)c2ncc(Br)cc12. The summed E-state index contributed by atoms with van der Waals surface area (Å²) in [6, 6.07) is 24.1. The van der Waals surface area contributed by atoms with Gasteiger partial charge < -0.3 is 9.78 Å². The molecule has 0 N–H and O–H groups in total. The Balaban J connectivity index is 0.000000168. The molecule has 6 aromatic rings. The predicted octanol–water partition coefficient (Wildman–Crippen LogP) is 8.13. The van der Waals surface area contributed by atoms with Crippen LogP contribution in [-0.2, 0) is 8.67 Å². The molecule has 0 unspecified atom stereocenters. The van der Waals surface area contributed by atoms with E-state index in [1.54, 1.807) is 57.0 Å². The average molecular weight is 727 g/mol. The van der Waals surface area contributed by atoms with Crippen molar-refractivity contribution in [2.24, 2.45) is 0 Å². The molecule has 0 radical (unpaired) electrons. The molecule has 0 aliphatic heterocycles. The average Bonchev–Trinajstić information content (AvgIpc) is 3.55. The second kappa shape index (κ2) is 14.4. The Bertz CT molecular complexity index is 1860. The highest BCUT2D eigenvalue weighted by Crippen LogP contribution is 2.28. The summed E-state index contributed by atoms with van der Waals surface area (Å²) in [6.45, 7) is 0. The predicted molar refractivity (Wildman–Crippen MR) is 167 cm³/mol. The molecule has 0 spiro atoms. The Labute approximate surface area is 265 Å². The Morgan fingerprint density at radius 1 is 0.762 bits per heavy atom. The minimum Gasteiger partial charge on any atom is -0.324 e. The zero-order valence-electron chi connectivity index (χ0n) is 21.2. The van der Waals surface area contributed by atoms with Crippen LogP contribution in [0.3, 0.4) is 0 Å². The van der Waals surface area contributed by atoms with Gasteiger partial charge in [-0.15, -0.1) is 0 Å². The molecule has 10 nitrogen and oxygen atoms in total. The van der Waals surface area contributed by atoms with E-state index >= 15 is 0 Å². The fraction of sp³-hybridized carbons (Fsp3) is 0. The van der Waals surface area contributed by atoms with E-state index in [1.165, 1.54) is 0 Å². The van der Waals surface area contributed by atoms with Crippen molar-refractivity contribution in [3.63, 3.8) is 0 Å². The van der Waals surface area contributed by atoms with Gasteiger partial charge in [0.15, 0.2) is 53.5 Å². The number of rotatable bonds is 9. The molecule has 0 saturated carbocycles. The number of fused-ring (bicyclic) bond motifs is 2. The van der Waals surface area contributed by atoms with Crippen molar-refractivity contribution in [2.75, 3.05) is 0 Å². The Morgan fingerprint density at radius 2 is 1.26 bits per heavy atom. The number of halogens is 2. The third-order valence-corrected chi connectivity index (χ3v) is 7.41. The van der Waals surface area contributed by atoms with E-state index in [1.807, 2.05) is 48.5 Å². The molecule has 0 saturated heterocycles. The molecule has 0 atom stereocenters. The number of aldehydes is 1. The Hall–Kier alpha value is -3.84. The summed E-state index contributed by atoms with van der Waals surface area (Å²) in [4.78, 5) is 30.0. The number of carbonyl (C=O) groups is 1. The minimum atomic E-state index is 0.523. The maximum Gasteiger partial charge on any atom is 0.170 e. The van der Waals surface area contributed by atoms with Crippen LogP contribution in [0.15, 0.2) is 107 Å². The van der Waals surface area contributed by atoms with Crippen LogP contribution in [0.1, 0.15) is 15.9 Å². The quantitative estimate of drug-likeness (QED) is 0.0626. The molecule has 0 fully saturated rings. The van der Waals surface area contributed by atoms with E-state index < -0.39 is 0 Å². The largest absolute Gasteiger partial charge is 0.324 e. The molecule has 14 heteroatoms. The zero-order valence-corrected chi connectivity index (χ0v) is 26.0. The van der Waals surface area contributed by atoms with Crippen molar-refractivity contribution < 1.29 is 23.2 Å². The maximum absolute atomic E-state index is 11.1. The van der Waals surface area contributed by atoms with E-state index in [0.29, 0.717) is 33.9 Å². The van der Waals surface area contributed by atoms with Crippen molar-refractivity contribution in [3.8, 4) is 17.6 Å². The second-order valence-corrected chi connectivity index (χ2v) is 11.3. The minimum absolute atomic E-state index is 0.523. The summed E-state index contributed by atoms with van der Waals surface area (Å²) >= 11 is 8.58. The van der Waals surface area contributed by atoms with Gasteiger partial charge in [-0.25, -0.2) is 17.9 Å². The molecular weight excluding hydrogens is 710 g/mol. The number of para-hydroxylation sites is 2. The van der Waals surface area contributed by atoms with Gasteiger partial charge in [0.25, 0.3) is 0 Å². The molecule has 0 bridgehead atoms. The van der Waals surface area contributed by atoms with Crippen LogP contribution in [0.2, 0.25) is 0 Å². The van der Waals surface area contributed by atoms with Crippen LogP contribution in [0, 0.1) is 11.3 Å². The molecule has 6 rings (SSSR count). The van der Waals surface area contributed by atoms with Gasteiger partial charge >= 0.3 is 0 Å². The lowest BCUT2D eigenvalue weighted by Crippen LogP contribution is -1.94. The van der Waals surface area contributed by atoms with E-state index in [-0.39, 0.29) is 0 Å². The Kier molecular flexibility index (Phi) is 10.1. The zero-order chi connectivity index (χ0) is 29.3.